The summed E-state index contributed by atoms with van der Waals surface area (Å²) in [6.07, 6.45) is 0. The van der Waals surface area contributed by atoms with E-state index in [4.69, 9.17) is 4.74 Å². The van der Waals surface area contributed by atoms with Gasteiger partial charge in [0.25, 0.3) is 0 Å². The van der Waals surface area contributed by atoms with E-state index < -0.39 is 11.3 Å². The van der Waals surface area contributed by atoms with Gasteiger partial charge >= 0.3 is 5.97 Å². The van der Waals surface area contributed by atoms with Crippen molar-refractivity contribution in [1.29, 1.82) is 0 Å². The lowest BCUT2D eigenvalue weighted by Gasteiger charge is -2.19. The molecule has 0 saturated carbocycles. The Morgan fingerprint density at radius 3 is 2.65 bits per heavy atom. The summed E-state index contributed by atoms with van der Waals surface area (Å²) in [6.45, 7) is 2.77. The second-order valence-corrected chi connectivity index (χ2v) is 7.38. The summed E-state index contributed by atoms with van der Waals surface area (Å²) >= 11 is 2.54. The smallest absolute Gasteiger partial charge is 0.353 e. The number of benzene rings is 1. The summed E-state index contributed by atoms with van der Waals surface area (Å²) < 4.78 is 5.40. The first-order chi connectivity index (χ1) is 12.4. The highest BCUT2D eigenvalue weighted by atomic mass is 32.2. The van der Waals surface area contributed by atoms with Crippen molar-refractivity contribution in [1.82, 2.24) is 10.3 Å². The third kappa shape index (κ3) is 4.12. The molecule has 26 heavy (non-hydrogen) atoms. The molecule has 1 atom stereocenters. The van der Waals surface area contributed by atoms with E-state index in [-0.39, 0.29) is 11.8 Å². The Labute approximate surface area is 158 Å². The predicted octanol–water partition coefficient (Wildman–Crippen LogP) is 2.97. The fourth-order valence-corrected chi connectivity index (χ4v) is 3.99. The number of hydrazone groups is 1. The van der Waals surface area contributed by atoms with Crippen molar-refractivity contribution in [3.05, 3.63) is 52.2 Å². The van der Waals surface area contributed by atoms with E-state index in [9.17, 15) is 14.4 Å². The second kappa shape index (κ2) is 7.71. The zero-order chi connectivity index (χ0) is 18.7. The first-order valence-electron chi connectivity index (χ1n) is 7.62. The van der Waals surface area contributed by atoms with Crippen LogP contribution >= 0.6 is 23.1 Å². The Hall–Kier alpha value is -2.65. The quantitative estimate of drug-likeness (QED) is 0.644. The number of carbonyl (C=O) groups is 3. The van der Waals surface area contributed by atoms with Crippen molar-refractivity contribution in [2.24, 2.45) is 5.10 Å². The number of esters is 1. The van der Waals surface area contributed by atoms with E-state index in [1.165, 1.54) is 42.0 Å². The van der Waals surface area contributed by atoms with Crippen molar-refractivity contribution < 1.29 is 19.1 Å². The number of amidine groups is 1. The number of nitrogens with zero attached hydrogens (tertiary/aromatic N) is 2. The number of hydrogen-bond donors (Lipinski definition) is 1. The van der Waals surface area contributed by atoms with Gasteiger partial charge in [-0.1, -0.05) is 30.0 Å². The number of amides is 2. The Bertz CT molecular complexity index is 880. The number of thioether (sulfide) groups is 1. The summed E-state index contributed by atoms with van der Waals surface area (Å²) in [5.74, 6) is -0.587. The van der Waals surface area contributed by atoms with E-state index in [0.717, 1.165) is 5.56 Å². The summed E-state index contributed by atoms with van der Waals surface area (Å²) in [6, 6.07) is 10.4. The molecule has 0 spiro atoms. The average molecular weight is 389 g/mol. The molecule has 0 bridgehead atoms. The van der Waals surface area contributed by atoms with Crippen molar-refractivity contribution in [2.75, 3.05) is 0 Å². The third-order valence-electron chi connectivity index (χ3n) is 3.33. The largest absolute Gasteiger partial charge is 0.422 e. The van der Waals surface area contributed by atoms with Crippen LogP contribution in [-0.4, -0.2) is 28.0 Å². The number of ether oxygens (including phenoxy) is 1. The first kappa shape index (κ1) is 18.2. The molecule has 1 aromatic heterocycles. The molecule has 2 amide bonds. The molecule has 1 aliphatic heterocycles. The Morgan fingerprint density at radius 2 is 2.00 bits per heavy atom. The Kier molecular flexibility index (Phi) is 5.38. The minimum atomic E-state index is -0.449. The highest BCUT2D eigenvalue weighted by molar-refractivity contribution is 8.14. The van der Waals surface area contributed by atoms with Gasteiger partial charge in [-0.25, -0.2) is 9.80 Å². The molecule has 7 nitrogen and oxygen atoms in total. The molecule has 1 aliphatic rings. The van der Waals surface area contributed by atoms with Gasteiger partial charge in [0.1, 0.15) is 16.0 Å². The van der Waals surface area contributed by atoms with Crippen LogP contribution in [0.5, 0.6) is 5.75 Å². The van der Waals surface area contributed by atoms with Gasteiger partial charge < -0.3 is 10.1 Å². The zero-order valence-electron chi connectivity index (χ0n) is 14.0. The number of thiophene rings is 1. The third-order valence-corrected chi connectivity index (χ3v) is 5.28. The van der Waals surface area contributed by atoms with E-state index in [0.29, 0.717) is 15.8 Å². The fraction of sp³-hybridized carbons (Fsp3) is 0.176. The summed E-state index contributed by atoms with van der Waals surface area (Å²) in [5, 5.41) is 9.71. The van der Waals surface area contributed by atoms with Crippen LogP contribution in [0.4, 0.5) is 0 Å². The van der Waals surface area contributed by atoms with Gasteiger partial charge in [-0.15, -0.1) is 16.4 Å². The van der Waals surface area contributed by atoms with Crippen LogP contribution in [-0.2, 0) is 9.59 Å². The topological polar surface area (TPSA) is 88.1 Å². The monoisotopic (exact) mass is 389 g/mol. The van der Waals surface area contributed by atoms with Crippen molar-refractivity contribution in [3.8, 4) is 5.75 Å². The van der Waals surface area contributed by atoms with Gasteiger partial charge in [-0.3, -0.25) is 9.59 Å². The molecule has 0 fully saturated rings. The summed E-state index contributed by atoms with van der Waals surface area (Å²) in [5.41, 5.74) is 0.728. The van der Waals surface area contributed by atoms with Crippen molar-refractivity contribution in [2.45, 2.75) is 19.2 Å². The number of carbonyl (C=O) groups excluding carboxylic acids is 3. The molecule has 0 saturated heterocycles. The van der Waals surface area contributed by atoms with E-state index in [1.54, 1.807) is 35.7 Å². The lowest BCUT2D eigenvalue weighted by atomic mass is 10.2. The van der Waals surface area contributed by atoms with E-state index in [1.807, 2.05) is 6.07 Å². The van der Waals surface area contributed by atoms with Crippen LogP contribution in [0.25, 0.3) is 0 Å². The van der Waals surface area contributed by atoms with Crippen molar-refractivity contribution in [3.63, 3.8) is 0 Å². The Morgan fingerprint density at radius 1 is 1.19 bits per heavy atom. The number of hydrogen-bond acceptors (Lipinski definition) is 7. The molecule has 2 aromatic rings. The van der Waals surface area contributed by atoms with Crippen LogP contribution in [0.1, 0.15) is 34.5 Å². The van der Waals surface area contributed by atoms with Crippen LogP contribution in [0.15, 0.2) is 46.9 Å². The van der Waals surface area contributed by atoms with Gasteiger partial charge in [-0.05, 0) is 29.1 Å². The molecular weight excluding hydrogens is 374 g/mol. The van der Waals surface area contributed by atoms with Gasteiger partial charge in [0.15, 0.2) is 5.17 Å². The van der Waals surface area contributed by atoms with E-state index >= 15 is 0 Å². The first-order valence-corrected chi connectivity index (χ1v) is 9.38. The van der Waals surface area contributed by atoms with Gasteiger partial charge in [0.05, 0.1) is 0 Å². The van der Waals surface area contributed by atoms with Gasteiger partial charge in [0.2, 0.25) is 11.8 Å². The molecule has 9 heteroatoms. The lowest BCUT2D eigenvalue weighted by molar-refractivity contribution is -0.129. The van der Waals surface area contributed by atoms with Crippen LogP contribution in [0.2, 0.25) is 0 Å². The predicted molar refractivity (Wildman–Crippen MR) is 99.8 cm³/mol. The van der Waals surface area contributed by atoms with Crippen molar-refractivity contribution >= 4 is 46.0 Å². The number of nitrogens with one attached hydrogen (secondary N) is 1. The van der Waals surface area contributed by atoms with E-state index in [2.05, 4.69) is 10.4 Å². The average Bonchev–Trinajstić information content (AvgIpc) is 3.24. The highest BCUT2D eigenvalue weighted by Gasteiger charge is 2.32. The standard InChI is InChI=1S/C17H15N3O4S2/c1-10(21)18-17-19-20(11(2)22)15(26-17)12-5-3-6-13(9-12)24-16(23)14-7-4-8-25-14/h3-9,15H,1-2H3,(H,18,19,21)/t15-/m1/s1. The van der Waals surface area contributed by atoms with Gasteiger partial charge in [0, 0.05) is 13.8 Å². The van der Waals surface area contributed by atoms with Crippen LogP contribution in [0, 0.1) is 0 Å². The lowest BCUT2D eigenvalue weighted by Crippen LogP contribution is -2.25. The number of rotatable bonds is 3. The van der Waals surface area contributed by atoms with Gasteiger partial charge in [-0.2, -0.15) is 0 Å². The Balaban J connectivity index is 1.79. The van der Waals surface area contributed by atoms with Crippen LogP contribution in [0.3, 0.4) is 0 Å². The highest BCUT2D eigenvalue weighted by Crippen LogP contribution is 2.39. The normalized spacial score (nSPS) is 16.2. The molecular formula is C17H15N3O4S2. The summed E-state index contributed by atoms with van der Waals surface area (Å²) in [4.78, 5) is 35.7. The SMILES string of the molecule is CC(=O)NC1=NN(C(C)=O)[C@@H](c2cccc(OC(=O)c3cccs3)c2)S1. The van der Waals surface area contributed by atoms with Crippen LogP contribution < -0.4 is 10.1 Å². The summed E-state index contributed by atoms with van der Waals surface area (Å²) in [7, 11) is 0. The zero-order valence-corrected chi connectivity index (χ0v) is 15.6. The molecule has 134 valence electrons. The second-order valence-electron chi connectivity index (χ2n) is 5.36. The maximum atomic E-state index is 12.1. The molecule has 0 aliphatic carbocycles. The minimum absolute atomic E-state index is 0.260. The molecule has 0 radical (unpaired) electrons. The molecule has 1 aromatic carbocycles. The fourth-order valence-electron chi connectivity index (χ4n) is 2.26. The minimum Gasteiger partial charge on any atom is -0.422 e. The molecule has 1 N–H and O–H groups in total. The molecule has 2 heterocycles. The maximum absolute atomic E-state index is 12.1. The molecule has 3 rings (SSSR count). The maximum Gasteiger partial charge on any atom is 0.353 e. The molecule has 0 unspecified atom stereocenters.